The van der Waals surface area contributed by atoms with Crippen LogP contribution in [-0.2, 0) is 6.54 Å². The summed E-state index contributed by atoms with van der Waals surface area (Å²) >= 11 is 7.58. The van der Waals surface area contributed by atoms with E-state index in [0.29, 0.717) is 22.9 Å². The van der Waals surface area contributed by atoms with Crippen LogP contribution in [0.5, 0.6) is 11.5 Å². The molecule has 0 aliphatic carbocycles. The lowest BCUT2D eigenvalue weighted by Crippen LogP contribution is -2.23. The van der Waals surface area contributed by atoms with Gasteiger partial charge in [-0.2, -0.15) is 0 Å². The van der Waals surface area contributed by atoms with Gasteiger partial charge in [-0.3, -0.25) is 4.79 Å². The largest absolute Gasteiger partial charge is 0.454 e. The van der Waals surface area contributed by atoms with E-state index in [1.165, 1.54) is 11.8 Å². The summed E-state index contributed by atoms with van der Waals surface area (Å²) in [6, 6.07) is 22.7. The fourth-order valence-electron chi connectivity index (χ4n) is 3.37. The predicted octanol–water partition coefficient (Wildman–Crippen LogP) is 5.70. The van der Waals surface area contributed by atoms with Crippen molar-refractivity contribution >= 4 is 40.2 Å². The van der Waals surface area contributed by atoms with Crippen LogP contribution in [0, 0.1) is 0 Å². The van der Waals surface area contributed by atoms with E-state index < -0.39 is 0 Å². The van der Waals surface area contributed by atoms with Gasteiger partial charge in [-0.1, -0.05) is 53.7 Å². The molecule has 0 atom stereocenters. The number of carbonyl (C=O) groups excluding carboxylic acids is 1. The summed E-state index contributed by atoms with van der Waals surface area (Å²) in [5, 5.41) is 5.20. The van der Waals surface area contributed by atoms with Crippen LogP contribution in [0.25, 0.3) is 10.9 Å². The van der Waals surface area contributed by atoms with Gasteiger partial charge in [-0.25, -0.2) is 4.98 Å². The first kappa shape index (κ1) is 19.7. The molecule has 0 saturated carbocycles. The van der Waals surface area contributed by atoms with Crippen molar-refractivity contribution in [1.29, 1.82) is 0 Å². The molecule has 2 heterocycles. The van der Waals surface area contributed by atoms with Crippen molar-refractivity contribution in [2.24, 2.45) is 0 Å². The van der Waals surface area contributed by atoms with Gasteiger partial charge in [-0.05, 0) is 48.0 Å². The fourth-order valence-corrected chi connectivity index (χ4v) is 4.52. The molecule has 0 fully saturated rings. The van der Waals surface area contributed by atoms with E-state index >= 15 is 0 Å². The van der Waals surface area contributed by atoms with E-state index in [1.807, 2.05) is 72.8 Å². The standard InChI is InChI=1S/C24H17ClN2O3S/c25-16-4-3-5-17(11-16)31-23-12-19(18-6-1-2-7-20(18)27-23)24(28)26-13-15-8-9-21-22(10-15)30-14-29-21/h1-12H,13-14H2,(H,26,28). The maximum Gasteiger partial charge on any atom is 0.252 e. The topological polar surface area (TPSA) is 60.5 Å². The van der Waals surface area contributed by atoms with Gasteiger partial charge in [0, 0.05) is 21.8 Å². The van der Waals surface area contributed by atoms with Crippen molar-refractivity contribution in [3.63, 3.8) is 0 Å². The number of nitrogens with zero attached hydrogens (tertiary/aromatic N) is 1. The zero-order chi connectivity index (χ0) is 21.2. The number of benzene rings is 3. The molecular formula is C24H17ClN2O3S. The number of rotatable bonds is 5. The smallest absolute Gasteiger partial charge is 0.252 e. The number of nitrogens with one attached hydrogen (secondary N) is 1. The Hall–Kier alpha value is -3.22. The number of hydrogen-bond donors (Lipinski definition) is 1. The Morgan fingerprint density at radius 2 is 1.87 bits per heavy atom. The average molecular weight is 449 g/mol. The molecule has 1 N–H and O–H groups in total. The lowest BCUT2D eigenvalue weighted by Gasteiger charge is -2.11. The third-order valence-corrected chi connectivity index (χ3v) is 5.99. The highest BCUT2D eigenvalue weighted by molar-refractivity contribution is 7.99. The van der Waals surface area contributed by atoms with Crippen molar-refractivity contribution in [1.82, 2.24) is 10.3 Å². The number of fused-ring (bicyclic) bond motifs is 2. The number of hydrogen-bond acceptors (Lipinski definition) is 5. The van der Waals surface area contributed by atoms with E-state index in [1.54, 1.807) is 0 Å². The molecular weight excluding hydrogens is 432 g/mol. The highest BCUT2D eigenvalue weighted by Gasteiger charge is 2.16. The van der Waals surface area contributed by atoms with Crippen LogP contribution in [0.1, 0.15) is 15.9 Å². The summed E-state index contributed by atoms with van der Waals surface area (Å²) in [7, 11) is 0. The van der Waals surface area contributed by atoms with Crippen LogP contribution in [0.2, 0.25) is 5.02 Å². The molecule has 154 valence electrons. The molecule has 0 radical (unpaired) electrons. The van der Waals surface area contributed by atoms with Crippen molar-refractivity contribution < 1.29 is 14.3 Å². The van der Waals surface area contributed by atoms with Gasteiger partial charge in [0.25, 0.3) is 5.91 Å². The van der Waals surface area contributed by atoms with Gasteiger partial charge in [-0.15, -0.1) is 0 Å². The number of ether oxygens (including phenoxy) is 2. The van der Waals surface area contributed by atoms with E-state index in [-0.39, 0.29) is 12.7 Å². The lowest BCUT2D eigenvalue weighted by molar-refractivity contribution is 0.0952. The monoisotopic (exact) mass is 448 g/mol. The highest BCUT2D eigenvalue weighted by Crippen LogP contribution is 2.33. The van der Waals surface area contributed by atoms with E-state index in [9.17, 15) is 4.79 Å². The maximum atomic E-state index is 13.1. The fraction of sp³-hybridized carbons (Fsp3) is 0.0833. The van der Waals surface area contributed by atoms with Crippen molar-refractivity contribution in [3.8, 4) is 11.5 Å². The van der Waals surface area contributed by atoms with Gasteiger partial charge >= 0.3 is 0 Å². The summed E-state index contributed by atoms with van der Waals surface area (Å²) < 4.78 is 10.8. The number of para-hydroxylation sites is 1. The molecule has 0 bridgehead atoms. The van der Waals surface area contributed by atoms with Gasteiger partial charge in [0.1, 0.15) is 5.03 Å². The summed E-state index contributed by atoms with van der Waals surface area (Å²) in [5.41, 5.74) is 2.28. The van der Waals surface area contributed by atoms with Gasteiger partial charge in [0.2, 0.25) is 6.79 Å². The molecule has 7 heteroatoms. The van der Waals surface area contributed by atoms with E-state index in [2.05, 4.69) is 5.32 Å². The molecule has 4 aromatic rings. The summed E-state index contributed by atoms with van der Waals surface area (Å²) in [6.45, 7) is 0.601. The molecule has 5 rings (SSSR count). The Bertz CT molecular complexity index is 1300. The zero-order valence-electron chi connectivity index (χ0n) is 16.3. The van der Waals surface area contributed by atoms with Gasteiger partial charge < -0.3 is 14.8 Å². The third kappa shape index (κ3) is 4.31. The van der Waals surface area contributed by atoms with Crippen molar-refractivity contribution in [3.05, 3.63) is 88.9 Å². The first-order valence-corrected chi connectivity index (χ1v) is 10.8. The van der Waals surface area contributed by atoms with E-state index in [0.717, 1.165) is 32.1 Å². The minimum Gasteiger partial charge on any atom is -0.454 e. The normalized spacial score (nSPS) is 12.2. The molecule has 3 aromatic carbocycles. The molecule has 1 aliphatic rings. The number of amides is 1. The zero-order valence-corrected chi connectivity index (χ0v) is 17.9. The molecule has 0 spiro atoms. The highest BCUT2D eigenvalue weighted by atomic mass is 35.5. The predicted molar refractivity (Wildman–Crippen MR) is 121 cm³/mol. The quantitative estimate of drug-likeness (QED) is 0.424. The molecule has 31 heavy (non-hydrogen) atoms. The first-order chi connectivity index (χ1) is 15.2. The molecule has 0 saturated heterocycles. The Balaban J connectivity index is 1.41. The maximum absolute atomic E-state index is 13.1. The summed E-state index contributed by atoms with van der Waals surface area (Å²) in [6.07, 6.45) is 0. The second kappa shape index (κ2) is 8.49. The second-order valence-corrected chi connectivity index (χ2v) is 8.49. The van der Waals surface area contributed by atoms with Crippen LogP contribution < -0.4 is 14.8 Å². The Kier molecular flexibility index (Phi) is 5.40. The molecule has 1 aromatic heterocycles. The van der Waals surface area contributed by atoms with Crippen molar-refractivity contribution in [2.45, 2.75) is 16.5 Å². The van der Waals surface area contributed by atoms with Gasteiger partial charge in [0.05, 0.1) is 11.1 Å². The average Bonchev–Trinajstić information content (AvgIpc) is 3.25. The summed E-state index contributed by atoms with van der Waals surface area (Å²) in [4.78, 5) is 18.8. The molecule has 5 nitrogen and oxygen atoms in total. The Labute approximate surface area is 188 Å². The number of carbonyl (C=O) groups is 1. The Morgan fingerprint density at radius 3 is 2.77 bits per heavy atom. The number of aromatic nitrogens is 1. The van der Waals surface area contributed by atoms with Crippen LogP contribution in [0.3, 0.4) is 0 Å². The summed E-state index contributed by atoms with van der Waals surface area (Å²) in [5.74, 6) is 1.25. The van der Waals surface area contributed by atoms with Gasteiger partial charge in [0.15, 0.2) is 11.5 Å². The van der Waals surface area contributed by atoms with Crippen LogP contribution in [0.4, 0.5) is 0 Å². The molecule has 1 aliphatic heterocycles. The Morgan fingerprint density at radius 1 is 1.00 bits per heavy atom. The van der Waals surface area contributed by atoms with Crippen molar-refractivity contribution in [2.75, 3.05) is 6.79 Å². The van der Waals surface area contributed by atoms with Crippen LogP contribution in [-0.4, -0.2) is 17.7 Å². The van der Waals surface area contributed by atoms with E-state index in [4.69, 9.17) is 26.1 Å². The SMILES string of the molecule is O=C(NCc1ccc2c(c1)OCO2)c1cc(Sc2cccc(Cl)c2)nc2ccccc12. The third-order valence-electron chi connectivity index (χ3n) is 4.85. The minimum absolute atomic E-state index is 0.163. The second-order valence-electron chi connectivity index (χ2n) is 6.95. The minimum atomic E-state index is -0.163. The molecule has 0 unspecified atom stereocenters. The van der Waals surface area contributed by atoms with Crippen LogP contribution in [0.15, 0.2) is 82.7 Å². The number of halogens is 1. The number of pyridine rings is 1. The first-order valence-electron chi connectivity index (χ1n) is 9.66. The van der Waals surface area contributed by atoms with Crippen LogP contribution >= 0.6 is 23.4 Å². The molecule has 1 amide bonds. The lowest BCUT2D eigenvalue weighted by atomic mass is 10.1.